The van der Waals surface area contributed by atoms with Gasteiger partial charge in [0.15, 0.2) is 10.9 Å². The Morgan fingerprint density at radius 2 is 2.19 bits per heavy atom. The molecule has 0 fully saturated rings. The summed E-state index contributed by atoms with van der Waals surface area (Å²) in [5.74, 6) is 1.70. The van der Waals surface area contributed by atoms with E-state index in [1.54, 1.807) is 23.7 Å². The van der Waals surface area contributed by atoms with Crippen molar-refractivity contribution in [3.8, 4) is 11.4 Å². The second-order valence-electron chi connectivity index (χ2n) is 4.66. The van der Waals surface area contributed by atoms with Crippen molar-refractivity contribution >= 4 is 33.2 Å². The molecular weight excluding hydrogens is 284 g/mol. The van der Waals surface area contributed by atoms with Crippen molar-refractivity contribution in [3.05, 3.63) is 42.2 Å². The van der Waals surface area contributed by atoms with Crippen LogP contribution in [0.2, 0.25) is 0 Å². The van der Waals surface area contributed by atoms with Crippen molar-refractivity contribution in [2.45, 2.75) is 0 Å². The summed E-state index contributed by atoms with van der Waals surface area (Å²) in [4.78, 5) is 8.61. The third-order valence-electron chi connectivity index (χ3n) is 3.30. The zero-order valence-electron chi connectivity index (χ0n) is 11.2. The van der Waals surface area contributed by atoms with Gasteiger partial charge in [0.05, 0.1) is 5.52 Å². The first-order chi connectivity index (χ1) is 10.3. The van der Waals surface area contributed by atoms with Gasteiger partial charge in [-0.2, -0.15) is 5.10 Å². The van der Waals surface area contributed by atoms with E-state index < -0.39 is 0 Å². The number of hydrogen-bond acceptors (Lipinski definition) is 5. The molecule has 0 saturated heterocycles. The van der Waals surface area contributed by atoms with Crippen LogP contribution in [0.4, 0.5) is 10.9 Å². The fraction of sp³-hybridized carbons (Fsp3) is 0.0714. The summed E-state index contributed by atoms with van der Waals surface area (Å²) in [7, 11) is 1.98. The van der Waals surface area contributed by atoms with Crippen molar-refractivity contribution in [1.82, 2.24) is 24.7 Å². The number of hydrogen-bond donors (Lipinski definition) is 2. The maximum atomic E-state index is 4.38. The molecule has 0 radical (unpaired) electrons. The fourth-order valence-corrected chi connectivity index (χ4v) is 2.81. The Morgan fingerprint density at radius 3 is 2.95 bits per heavy atom. The maximum Gasteiger partial charge on any atom is 0.188 e. The molecule has 1 aromatic carbocycles. The molecule has 4 aromatic rings. The quantitative estimate of drug-likeness (QED) is 0.609. The van der Waals surface area contributed by atoms with Gasteiger partial charge in [-0.05, 0) is 18.2 Å². The predicted molar refractivity (Wildman–Crippen MR) is 83.7 cm³/mol. The molecule has 0 bridgehead atoms. The van der Waals surface area contributed by atoms with Gasteiger partial charge in [-0.1, -0.05) is 0 Å². The number of anilines is 2. The summed E-state index contributed by atoms with van der Waals surface area (Å²) < 4.78 is 2.00. The van der Waals surface area contributed by atoms with Crippen LogP contribution in [0.5, 0.6) is 0 Å². The van der Waals surface area contributed by atoms with E-state index in [9.17, 15) is 0 Å². The average molecular weight is 296 g/mol. The Labute approximate surface area is 124 Å². The summed E-state index contributed by atoms with van der Waals surface area (Å²) in [6.07, 6.45) is 5.49. The van der Waals surface area contributed by atoms with Crippen molar-refractivity contribution in [2.24, 2.45) is 7.05 Å². The maximum absolute atomic E-state index is 4.38. The Kier molecular flexibility index (Phi) is 2.71. The first-order valence-electron chi connectivity index (χ1n) is 6.43. The van der Waals surface area contributed by atoms with Gasteiger partial charge in [0.2, 0.25) is 0 Å². The van der Waals surface area contributed by atoms with E-state index in [0.717, 1.165) is 33.2 Å². The number of benzene rings is 1. The van der Waals surface area contributed by atoms with Crippen LogP contribution in [-0.4, -0.2) is 24.7 Å². The minimum atomic E-state index is 0.774. The summed E-state index contributed by atoms with van der Waals surface area (Å²) in [5.41, 5.74) is 2.03. The number of thiazole rings is 1. The highest BCUT2D eigenvalue weighted by Crippen LogP contribution is 2.28. The molecule has 0 unspecified atom stereocenters. The second kappa shape index (κ2) is 4.71. The number of rotatable bonds is 3. The first kappa shape index (κ1) is 12.1. The number of H-pyrrole nitrogens is 1. The van der Waals surface area contributed by atoms with Gasteiger partial charge in [-0.25, -0.2) is 9.97 Å². The van der Waals surface area contributed by atoms with Crippen molar-refractivity contribution in [1.29, 1.82) is 0 Å². The number of aromatic amines is 1. The highest BCUT2D eigenvalue weighted by molar-refractivity contribution is 7.13. The minimum Gasteiger partial charge on any atom is -0.334 e. The lowest BCUT2D eigenvalue weighted by Crippen LogP contribution is -1.92. The molecule has 0 aliphatic heterocycles. The number of nitrogens with one attached hydrogen (secondary N) is 2. The predicted octanol–water partition coefficient (Wildman–Crippen LogP) is 3.16. The van der Waals surface area contributed by atoms with Crippen LogP contribution in [-0.2, 0) is 7.05 Å². The molecule has 0 aliphatic carbocycles. The van der Waals surface area contributed by atoms with E-state index in [1.807, 2.05) is 35.3 Å². The smallest absolute Gasteiger partial charge is 0.188 e. The third kappa shape index (κ3) is 2.07. The second-order valence-corrected chi connectivity index (χ2v) is 5.55. The zero-order chi connectivity index (χ0) is 14.2. The highest BCUT2D eigenvalue weighted by atomic mass is 32.1. The van der Waals surface area contributed by atoms with Crippen LogP contribution in [0.25, 0.3) is 22.3 Å². The molecule has 0 aliphatic rings. The molecule has 6 nitrogen and oxygen atoms in total. The normalized spacial score (nSPS) is 11.1. The van der Waals surface area contributed by atoms with E-state index in [2.05, 4.69) is 31.5 Å². The van der Waals surface area contributed by atoms with E-state index in [-0.39, 0.29) is 0 Å². The average Bonchev–Trinajstić information content (AvgIpc) is 3.21. The number of aryl methyl sites for hydroxylation is 1. The van der Waals surface area contributed by atoms with E-state index in [4.69, 9.17) is 0 Å². The van der Waals surface area contributed by atoms with Crippen LogP contribution < -0.4 is 5.32 Å². The molecule has 21 heavy (non-hydrogen) atoms. The van der Waals surface area contributed by atoms with Crippen molar-refractivity contribution in [3.63, 3.8) is 0 Å². The van der Waals surface area contributed by atoms with Crippen LogP contribution in [0, 0.1) is 0 Å². The molecule has 0 amide bonds. The van der Waals surface area contributed by atoms with E-state index >= 15 is 0 Å². The first-order valence-corrected chi connectivity index (χ1v) is 7.31. The SMILES string of the molecule is Cn1ccnc1-c1ccc2[nH]nc(Nc3nccs3)c2c1. The van der Waals surface area contributed by atoms with Crippen molar-refractivity contribution < 1.29 is 0 Å². The third-order valence-corrected chi connectivity index (χ3v) is 3.99. The van der Waals surface area contributed by atoms with Gasteiger partial charge < -0.3 is 9.88 Å². The summed E-state index contributed by atoms with van der Waals surface area (Å²) in [5, 5.41) is 14.3. The zero-order valence-corrected chi connectivity index (χ0v) is 12.1. The molecule has 3 heterocycles. The largest absolute Gasteiger partial charge is 0.334 e. The number of imidazole rings is 1. The molecule has 4 rings (SSSR count). The van der Waals surface area contributed by atoms with E-state index in [1.165, 1.54) is 0 Å². The Balaban J connectivity index is 1.81. The molecule has 2 N–H and O–H groups in total. The topological polar surface area (TPSA) is 71.4 Å². The van der Waals surface area contributed by atoms with Gasteiger partial charge >= 0.3 is 0 Å². The fourth-order valence-electron chi connectivity index (χ4n) is 2.28. The molecular formula is C14H12N6S. The Morgan fingerprint density at radius 1 is 1.24 bits per heavy atom. The number of nitrogens with zero attached hydrogens (tertiary/aromatic N) is 4. The molecule has 0 saturated carbocycles. The van der Waals surface area contributed by atoms with Crippen LogP contribution >= 0.6 is 11.3 Å². The molecule has 3 aromatic heterocycles. The molecule has 104 valence electrons. The molecule has 0 spiro atoms. The summed E-state index contributed by atoms with van der Waals surface area (Å²) >= 11 is 1.54. The van der Waals surface area contributed by atoms with Crippen molar-refractivity contribution in [2.75, 3.05) is 5.32 Å². The highest BCUT2D eigenvalue weighted by Gasteiger charge is 2.10. The Bertz CT molecular complexity index is 889. The van der Waals surface area contributed by atoms with Crippen LogP contribution in [0.1, 0.15) is 0 Å². The lowest BCUT2D eigenvalue weighted by atomic mass is 10.1. The van der Waals surface area contributed by atoms with E-state index in [0.29, 0.717) is 0 Å². The van der Waals surface area contributed by atoms with Crippen LogP contribution in [0.3, 0.4) is 0 Å². The van der Waals surface area contributed by atoms with Gasteiger partial charge in [-0.15, -0.1) is 11.3 Å². The minimum absolute atomic E-state index is 0.774. The van der Waals surface area contributed by atoms with Crippen LogP contribution in [0.15, 0.2) is 42.2 Å². The standard InChI is InChI=1S/C14H12N6S/c1-20-6-4-15-13(20)9-2-3-11-10(8-9)12(19-18-11)17-14-16-5-7-21-14/h2-8H,1H3,(H2,16,17,18,19). The summed E-state index contributed by atoms with van der Waals surface area (Å²) in [6.45, 7) is 0. The molecule has 7 heteroatoms. The molecule has 0 atom stereocenters. The number of aromatic nitrogens is 5. The van der Waals surface area contributed by atoms with Gasteiger partial charge in [-0.3, -0.25) is 5.10 Å². The van der Waals surface area contributed by atoms with Gasteiger partial charge in [0.1, 0.15) is 5.82 Å². The Hall–Kier alpha value is -2.67. The lowest BCUT2D eigenvalue weighted by Gasteiger charge is -2.03. The van der Waals surface area contributed by atoms with Gasteiger partial charge in [0, 0.05) is 42.0 Å². The summed E-state index contributed by atoms with van der Waals surface area (Å²) in [6, 6.07) is 6.13. The monoisotopic (exact) mass is 296 g/mol. The lowest BCUT2D eigenvalue weighted by molar-refractivity contribution is 0.925. The van der Waals surface area contributed by atoms with Gasteiger partial charge in [0.25, 0.3) is 0 Å². The number of fused-ring (bicyclic) bond motifs is 1.